The fourth-order valence-electron chi connectivity index (χ4n) is 3.72. The molecule has 6 heteroatoms. The molecule has 148 valence electrons. The van der Waals surface area contributed by atoms with Crippen LogP contribution in [0, 0.1) is 0 Å². The van der Waals surface area contributed by atoms with E-state index < -0.39 is 0 Å². The number of nitrogens with one attached hydrogen (secondary N) is 3. The van der Waals surface area contributed by atoms with Crippen molar-refractivity contribution in [2.24, 2.45) is 4.99 Å². The summed E-state index contributed by atoms with van der Waals surface area (Å²) in [5, 5.41) is 8.17. The van der Waals surface area contributed by atoms with Crippen molar-refractivity contribution in [1.29, 1.82) is 0 Å². The Balaban J connectivity index is 1.60. The monoisotopic (exact) mass is 371 g/mol. The van der Waals surface area contributed by atoms with Gasteiger partial charge in [0.05, 0.1) is 6.54 Å². The number of rotatable bonds is 7. The average Bonchev–Trinajstić information content (AvgIpc) is 3.10. The Morgan fingerprint density at radius 3 is 2.74 bits per heavy atom. The number of guanidine groups is 1. The fourth-order valence-corrected chi connectivity index (χ4v) is 3.72. The van der Waals surface area contributed by atoms with Crippen LogP contribution in [0.15, 0.2) is 35.5 Å². The Hall–Kier alpha value is -2.05. The van der Waals surface area contributed by atoms with E-state index in [9.17, 15) is 0 Å². The second-order valence-electron chi connectivity index (χ2n) is 7.46. The Morgan fingerprint density at radius 2 is 2.00 bits per heavy atom. The van der Waals surface area contributed by atoms with Gasteiger partial charge in [-0.2, -0.15) is 0 Å². The molecule has 1 aliphatic rings. The lowest BCUT2D eigenvalue weighted by atomic mass is 9.89. The van der Waals surface area contributed by atoms with E-state index in [-0.39, 0.29) is 5.54 Å². The van der Waals surface area contributed by atoms with Gasteiger partial charge >= 0.3 is 0 Å². The molecule has 2 heterocycles. The molecule has 0 bridgehead atoms. The predicted octanol–water partition coefficient (Wildman–Crippen LogP) is 2.38. The molecule has 6 nitrogen and oxygen atoms in total. The molecular formula is C21H33N5O. The molecule has 0 atom stereocenters. The first kappa shape index (κ1) is 19.7. The quantitative estimate of drug-likeness (QED) is 0.516. The number of H-pyrrole nitrogens is 1. The highest BCUT2D eigenvalue weighted by Gasteiger charge is 2.34. The number of nitrogens with zero attached hydrogens (tertiary/aromatic N) is 2. The maximum atomic E-state index is 5.56. The summed E-state index contributed by atoms with van der Waals surface area (Å²) in [6, 6.07) is 8.44. The van der Waals surface area contributed by atoms with Crippen molar-refractivity contribution in [3.63, 3.8) is 0 Å². The zero-order valence-corrected chi connectivity index (χ0v) is 16.8. The standard InChI is InChI=1S/C21H33N5O/c1-4-22-20(25-16-21(26(2)3)10-13-27-14-11-21)23-12-9-17-15-24-19-8-6-5-7-18(17)19/h5-8,15,24H,4,9-14,16H2,1-3H3,(H2,22,23,25). The first-order valence-corrected chi connectivity index (χ1v) is 9.97. The number of aromatic nitrogens is 1. The number of likely N-dealkylation sites (N-methyl/N-ethyl adjacent to an activating group) is 1. The molecule has 1 aromatic heterocycles. The minimum Gasteiger partial charge on any atom is -0.381 e. The third kappa shape index (κ3) is 4.82. The lowest BCUT2D eigenvalue weighted by Crippen LogP contribution is -2.51. The summed E-state index contributed by atoms with van der Waals surface area (Å²) in [7, 11) is 4.30. The van der Waals surface area contributed by atoms with Crippen molar-refractivity contribution in [1.82, 2.24) is 20.5 Å². The van der Waals surface area contributed by atoms with Crippen LogP contribution >= 0.6 is 0 Å². The molecule has 3 N–H and O–H groups in total. The van der Waals surface area contributed by atoms with Gasteiger partial charge in [0.2, 0.25) is 0 Å². The van der Waals surface area contributed by atoms with Gasteiger partial charge in [0, 0.05) is 48.9 Å². The van der Waals surface area contributed by atoms with Gasteiger partial charge in [-0.05, 0) is 51.9 Å². The minimum atomic E-state index is 0.0947. The molecule has 1 aliphatic heterocycles. The molecule has 0 saturated carbocycles. The minimum absolute atomic E-state index is 0.0947. The summed E-state index contributed by atoms with van der Waals surface area (Å²) >= 11 is 0. The summed E-state index contributed by atoms with van der Waals surface area (Å²) in [6.07, 6.45) is 5.12. The molecule has 0 radical (unpaired) electrons. The second kappa shape index (κ2) is 9.24. The molecule has 0 spiro atoms. The molecule has 27 heavy (non-hydrogen) atoms. The SMILES string of the molecule is CCNC(=NCC1(N(C)C)CCOCC1)NCCc1c[nH]c2ccccc12. The van der Waals surface area contributed by atoms with Crippen molar-refractivity contribution < 1.29 is 4.74 Å². The second-order valence-corrected chi connectivity index (χ2v) is 7.46. The molecule has 1 fully saturated rings. The normalized spacial score (nSPS) is 17.4. The van der Waals surface area contributed by atoms with Gasteiger partial charge in [0.25, 0.3) is 0 Å². The van der Waals surface area contributed by atoms with Gasteiger partial charge in [-0.3, -0.25) is 4.99 Å². The third-order valence-electron chi connectivity index (χ3n) is 5.61. The van der Waals surface area contributed by atoms with Gasteiger partial charge in [-0.25, -0.2) is 0 Å². The van der Waals surface area contributed by atoms with Crippen molar-refractivity contribution in [3.8, 4) is 0 Å². The largest absolute Gasteiger partial charge is 0.381 e. The van der Waals surface area contributed by atoms with Crippen LogP contribution in [0.2, 0.25) is 0 Å². The van der Waals surface area contributed by atoms with Crippen LogP contribution in [0.25, 0.3) is 10.9 Å². The van der Waals surface area contributed by atoms with Crippen molar-refractivity contribution >= 4 is 16.9 Å². The number of para-hydroxylation sites is 1. The van der Waals surface area contributed by atoms with Crippen molar-refractivity contribution in [2.75, 3.05) is 46.9 Å². The number of hydrogen-bond acceptors (Lipinski definition) is 3. The van der Waals surface area contributed by atoms with Gasteiger partial charge < -0.3 is 25.3 Å². The van der Waals surface area contributed by atoms with Crippen LogP contribution in [0.1, 0.15) is 25.3 Å². The summed E-state index contributed by atoms with van der Waals surface area (Å²) in [4.78, 5) is 10.6. The fraction of sp³-hybridized carbons (Fsp3) is 0.571. The summed E-state index contributed by atoms with van der Waals surface area (Å²) < 4.78 is 5.56. The van der Waals surface area contributed by atoms with Crippen molar-refractivity contribution in [3.05, 3.63) is 36.0 Å². The summed E-state index contributed by atoms with van der Waals surface area (Å²) in [5.74, 6) is 0.894. The van der Waals surface area contributed by atoms with Crippen LogP contribution in [0.3, 0.4) is 0 Å². The Kier molecular flexibility index (Phi) is 6.74. The lowest BCUT2D eigenvalue weighted by molar-refractivity contribution is -0.00254. The van der Waals surface area contributed by atoms with Gasteiger partial charge in [0.15, 0.2) is 5.96 Å². The van der Waals surface area contributed by atoms with E-state index in [1.54, 1.807) is 0 Å². The molecule has 0 amide bonds. The van der Waals surface area contributed by atoms with Crippen LogP contribution < -0.4 is 10.6 Å². The van der Waals surface area contributed by atoms with Crippen LogP contribution in [0.4, 0.5) is 0 Å². The number of fused-ring (bicyclic) bond motifs is 1. The van der Waals surface area contributed by atoms with E-state index >= 15 is 0 Å². The average molecular weight is 372 g/mol. The van der Waals surface area contributed by atoms with Gasteiger partial charge in [-0.15, -0.1) is 0 Å². The molecule has 2 aromatic rings. The summed E-state index contributed by atoms with van der Waals surface area (Å²) in [6.45, 7) is 6.23. The zero-order chi connectivity index (χ0) is 19.1. The smallest absolute Gasteiger partial charge is 0.191 e. The van der Waals surface area contributed by atoms with Crippen molar-refractivity contribution in [2.45, 2.75) is 31.7 Å². The Labute approximate surface area is 162 Å². The maximum absolute atomic E-state index is 5.56. The lowest BCUT2D eigenvalue weighted by Gasteiger charge is -2.41. The molecular weight excluding hydrogens is 338 g/mol. The number of hydrogen-bond donors (Lipinski definition) is 3. The van der Waals surface area contributed by atoms with E-state index in [2.05, 4.69) is 72.0 Å². The highest BCUT2D eigenvalue weighted by molar-refractivity contribution is 5.83. The molecule has 0 aliphatic carbocycles. The van der Waals surface area contributed by atoms with Gasteiger partial charge in [-0.1, -0.05) is 18.2 Å². The molecule has 0 unspecified atom stereocenters. The highest BCUT2D eigenvalue weighted by Crippen LogP contribution is 2.26. The highest BCUT2D eigenvalue weighted by atomic mass is 16.5. The predicted molar refractivity (Wildman–Crippen MR) is 112 cm³/mol. The first-order chi connectivity index (χ1) is 13.1. The van der Waals surface area contributed by atoms with E-state index in [0.717, 1.165) is 58.1 Å². The van der Waals surface area contributed by atoms with E-state index in [1.165, 1.54) is 16.5 Å². The number of aliphatic imine (C=N–C) groups is 1. The Morgan fingerprint density at radius 1 is 1.22 bits per heavy atom. The Bertz CT molecular complexity index is 746. The van der Waals surface area contributed by atoms with E-state index in [1.807, 2.05) is 0 Å². The number of benzene rings is 1. The van der Waals surface area contributed by atoms with E-state index in [0.29, 0.717) is 0 Å². The number of aromatic amines is 1. The maximum Gasteiger partial charge on any atom is 0.191 e. The van der Waals surface area contributed by atoms with Crippen LogP contribution in [-0.4, -0.2) is 68.3 Å². The van der Waals surface area contributed by atoms with E-state index in [4.69, 9.17) is 9.73 Å². The van der Waals surface area contributed by atoms with Gasteiger partial charge in [0.1, 0.15) is 0 Å². The summed E-state index contributed by atoms with van der Waals surface area (Å²) in [5.41, 5.74) is 2.63. The van der Waals surface area contributed by atoms with Crippen LogP contribution in [-0.2, 0) is 11.2 Å². The number of ether oxygens (including phenoxy) is 1. The zero-order valence-electron chi connectivity index (χ0n) is 16.8. The first-order valence-electron chi connectivity index (χ1n) is 9.97. The third-order valence-corrected chi connectivity index (χ3v) is 5.61. The van der Waals surface area contributed by atoms with Crippen LogP contribution in [0.5, 0.6) is 0 Å². The molecule has 1 aromatic carbocycles. The molecule has 3 rings (SSSR count). The topological polar surface area (TPSA) is 64.7 Å². The molecule has 1 saturated heterocycles.